The lowest BCUT2D eigenvalue weighted by Gasteiger charge is -2.30. The number of nitrogens with zero attached hydrogens (tertiary/aromatic N) is 5. The minimum absolute atomic E-state index is 0.00392. The van der Waals surface area contributed by atoms with Gasteiger partial charge in [-0.05, 0) is 57.3 Å². The molecule has 1 fully saturated rings. The Bertz CT molecular complexity index is 1230. The molecule has 0 saturated carbocycles. The van der Waals surface area contributed by atoms with Crippen LogP contribution in [-0.2, 0) is 10.2 Å². The second kappa shape index (κ2) is 7.90. The van der Waals surface area contributed by atoms with Crippen molar-refractivity contribution in [3.05, 3.63) is 39.0 Å². The smallest absolute Gasteiger partial charge is 0.362 e. The van der Waals surface area contributed by atoms with Gasteiger partial charge in [0.05, 0.1) is 10.2 Å². The number of rotatable bonds is 5. The zero-order chi connectivity index (χ0) is 21.5. The molecule has 3 heterocycles. The van der Waals surface area contributed by atoms with Gasteiger partial charge in [0.1, 0.15) is 5.82 Å². The summed E-state index contributed by atoms with van der Waals surface area (Å²) in [6.45, 7) is 0.491. The normalized spacial score (nSPS) is 16.1. The Hall–Kier alpha value is -2.62. The van der Waals surface area contributed by atoms with Gasteiger partial charge in [0.15, 0.2) is 5.69 Å². The number of nitrogens with two attached hydrogens (primary N) is 1. The first-order valence-electron chi connectivity index (χ1n) is 8.65. The van der Waals surface area contributed by atoms with E-state index >= 15 is 0 Å². The lowest BCUT2D eigenvalue weighted by atomic mass is 10.1. The molecule has 1 aromatic carbocycles. The fourth-order valence-electron chi connectivity index (χ4n) is 3.13. The molecule has 1 aliphatic rings. The van der Waals surface area contributed by atoms with Gasteiger partial charge in [-0.25, -0.2) is 23.5 Å². The lowest BCUT2D eigenvalue weighted by Crippen LogP contribution is -2.45. The highest BCUT2D eigenvalue weighted by molar-refractivity contribution is 9.10. The molecule has 2 aromatic heterocycles. The van der Waals surface area contributed by atoms with Gasteiger partial charge < -0.3 is 5.32 Å². The fourth-order valence-corrected chi connectivity index (χ4v) is 4.22. The highest BCUT2D eigenvalue weighted by atomic mass is 79.9. The van der Waals surface area contributed by atoms with Gasteiger partial charge in [0.25, 0.3) is 10.2 Å². The van der Waals surface area contributed by atoms with E-state index < -0.39 is 21.8 Å². The molecule has 15 heteroatoms. The zero-order valence-corrected chi connectivity index (χ0v) is 17.6. The van der Waals surface area contributed by atoms with Crippen LogP contribution in [0.2, 0.25) is 0 Å². The van der Waals surface area contributed by atoms with Crippen LogP contribution in [0.4, 0.5) is 10.2 Å². The zero-order valence-electron chi connectivity index (χ0n) is 15.2. The van der Waals surface area contributed by atoms with Crippen molar-refractivity contribution in [2.45, 2.75) is 18.9 Å². The largest absolute Gasteiger partial charge is 0.446 e. The third kappa shape index (κ3) is 4.00. The number of hydrogen-bond donors (Lipinski definition) is 2. The van der Waals surface area contributed by atoms with E-state index in [9.17, 15) is 17.6 Å². The molecule has 0 bridgehead atoms. The summed E-state index contributed by atoms with van der Waals surface area (Å²) in [6, 6.07) is 3.82. The Morgan fingerprint density at radius 3 is 2.63 bits per heavy atom. The van der Waals surface area contributed by atoms with Crippen molar-refractivity contribution in [3.63, 3.8) is 0 Å². The van der Waals surface area contributed by atoms with Crippen LogP contribution in [0.3, 0.4) is 0 Å². The van der Waals surface area contributed by atoms with Gasteiger partial charge in [-0.1, -0.05) is 5.16 Å². The highest BCUT2D eigenvalue weighted by Gasteiger charge is 2.28. The summed E-state index contributed by atoms with van der Waals surface area (Å²) in [5.74, 6) is -1.10. The standard InChI is InChI=1S/C15H15BrFN7O5S/c16-10-7-9(1-2-11(10)17)24-14(22-28-15(24)25)12-13(21-29-20-12)19-8-3-5-23(6-4-8)30(18,26)27/h1-2,7-8H,3-6H2,(H,19,21)(H2,18,26,27). The molecule has 1 saturated heterocycles. The molecule has 3 aromatic rings. The van der Waals surface area contributed by atoms with E-state index in [0.29, 0.717) is 18.5 Å². The van der Waals surface area contributed by atoms with Gasteiger partial charge in [-0.2, -0.15) is 12.7 Å². The SMILES string of the molecule is NS(=O)(=O)N1CCC(Nc2nonc2-c2noc(=O)n2-c2ccc(F)c(Br)c2)CC1. The summed E-state index contributed by atoms with van der Waals surface area (Å²) in [5.41, 5.74) is 0.398. The van der Waals surface area contributed by atoms with E-state index in [0.717, 1.165) is 4.57 Å². The van der Waals surface area contributed by atoms with E-state index in [1.165, 1.54) is 22.5 Å². The van der Waals surface area contributed by atoms with Crippen molar-refractivity contribution in [1.29, 1.82) is 0 Å². The molecule has 0 unspecified atom stereocenters. The average molecular weight is 504 g/mol. The van der Waals surface area contributed by atoms with Crippen LogP contribution in [0.1, 0.15) is 12.8 Å². The molecule has 12 nitrogen and oxygen atoms in total. The summed E-state index contributed by atoms with van der Waals surface area (Å²) < 4.78 is 48.4. The quantitative estimate of drug-likeness (QED) is 0.513. The van der Waals surface area contributed by atoms with Crippen molar-refractivity contribution in [1.82, 2.24) is 24.3 Å². The van der Waals surface area contributed by atoms with Crippen LogP contribution in [0.25, 0.3) is 17.2 Å². The maximum absolute atomic E-state index is 13.6. The van der Waals surface area contributed by atoms with Crippen LogP contribution >= 0.6 is 15.9 Å². The van der Waals surface area contributed by atoms with Crippen LogP contribution in [0.5, 0.6) is 0 Å². The number of aromatic nitrogens is 4. The van der Waals surface area contributed by atoms with E-state index in [4.69, 9.17) is 14.3 Å². The van der Waals surface area contributed by atoms with Gasteiger partial charge in [-0.3, -0.25) is 4.52 Å². The molecule has 3 N–H and O–H groups in total. The van der Waals surface area contributed by atoms with Crippen LogP contribution in [-0.4, -0.2) is 51.9 Å². The Morgan fingerprint density at radius 2 is 1.97 bits per heavy atom. The molecular weight excluding hydrogens is 489 g/mol. The molecule has 160 valence electrons. The second-order valence-electron chi connectivity index (χ2n) is 6.53. The Kier molecular flexibility index (Phi) is 5.44. The third-order valence-electron chi connectivity index (χ3n) is 4.62. The van der Waals surface area contributed by atoms with E-state index in [2.05, 4.69) is 36.7 Å². The summed E-state index contributed by atoms with van der Waals surface area (Å²) >= 11 is 3.07. The van der Waals surface area contributed by atoms with Gasteiger partial charge in [-0.15, -0.1) is 0 Å². The molecule has 0 atom stereocenters. The lowest BCUT2D eigenvalue weighted by molar-refractivity contribution is 0.306. The number of piperidine rings is 1. The first-order valence-corrected chi connectivity index (χ1v) is 10.9. The minimum atomic E-state index is -3.73. The van der Waals surface area contributed by atoms with Gasteiger partial charge in [0.2, 0.25) is 11.6 Å². The number of halogens is 2. The second-order valence-corrected chi connectivity index (χ2v) is 8.93. The summed E-state index contributed by atoms with van der Waals surface area (Å²) in [5, 5.41) is 19.6. The number of nitrogens with one attached hydrogen (secondary N) is 1. The predicted octanol–water partition coefficient (Wildman–Crippen LogP) is 0.857. The van der Waals surface area contributed by atoms with Crippen LogP contribution in [0.15, 0.2) is 36.6 Å². The van der Waals surface area contributed by atoms with E-state index in [1.54, 1.807) is 0 Å². The van der Waals surface area contributed by atoms with Crippen LogP contribution in [0, 0.1) is 5.82 Å². The fraction of sp³-hybridized carbons (Fsp3) is 0.333. The van der Waals surface area contributed by atoms with Crippen molar-refractivity contribution < 1.29 is 22.0 Å². The maximum atomic E-state index is 13.6. The number of anilines is 1. The molecule has 30 heavy (non-hydrogen) atoms. The Balaban J connectivity index is 1.60. The Labute approximate surface area is 177 Å². The first-order chi connectivity index (χ1) is 14.2. The van der Waals surface area contributed by atoms with Crippen molar-refractivity contribution in [2.24, 2.45) is 5.14 Å². The first kappa shape index (κ1) is 20.6. The predicted molar refractivity (Wildman–Crippen MR) is 104 cm³/mol. The van der Waals surface area contributed by atoms with Crippen molar-refractivity contribution in [3.8, 4) is 17.2 Å². The summed E-state index contributed by atoms with van der Waals surface area (Å²) in [6.07, 6.45) is 0.943. The minimum Gasteiger partial charge on any atom is -0.362 e. The summed E-state index contributed by atoms with van der Waals surface area (Å²) in [4.78, 5) is 12.2. The molecule has 4 rings (SSSR count). The number of hydrogen-bond acceptors (Lipinski definition) is 9. The molecule has 0 amide bonds. The monoisotopic (exact) mass is 503 g/mol. The van der Waals surface area contributed by atoms with E-state index in [1.807, 2.05) is 0 Å². The van der Waals surface area contributed by atoms with Gasteiger partial charge in [0, 0.05) is 19.1 Å². The maximum Gasteiger partial charge on any atom is 0.446 e. The average Bonchev–Trinajstić information content (AvgIpc) is 3.30. The molecule has 0 spiro atoms. The van der Waals surface area contributed by atoms with Crippen molar-refractivity contribution >= 4 is 32.0 Å². The van der Waals surface area contributed by atoms with Crippen LogP contribution < -0.4 is 16.2 Å². The van der Waals surface area contributed by atoms with Gasteiger partial charge >= 0.3 is 5.76 Å². The topological polar surface area (TPSA) is 162 Å². The third-order valence-corrected chi connectivity index (χ3v) is 6.31. The molecule has 1 aliphatic heterocycles. The van der Waals surface area contributed by atoms with E-state index in [-0.39, 0.29) is 40.9 Å². The highest BCUT2D eigenvalue weighted by Crippen LogP contribution is 2.27. The van der Waals surface area contributed by atoms with Crippen molar-refractivity contribution in [2.75, 3.05) is 18.4 Å². The molecule has 0 aliphatic carbocycles. The molecular formula is C15H15BrFN7O5S. The molecule has 0 radical (unpaired) electrons. The number of benzene rings is 1. The Morgan fingerprint density at radius 1 is 1.23 bits per heavy atom. The summed E-state index contributed by atoms with van der Waals surface area (Å²) in [7, 11) is -3.73.